The third kappa shape index (κ3) is 2.08. The summed E-state index contributed by atoms with van der Waals surface area (Å²) in [6.07, 6.45) is 3.49. The van der Waals surface area contributed by atoms with Crippen LogP contribution in [0.1, 0.15) is 18.1 Å². The van der Waals surface area contributed by atoms with Crippen LogP contribution in [0.5, 0.6) is 0 Å². The fourth-order valence-corrected chi connectivity index (χ4v) is 2.43. The molecule has 0 spiro atoms. The average molecular weight is 253 g/mol. The summed E-state index contributed by atoms with van der Waals surface area (Å²) in [6.45, 7) is 2.78. The first-order valence-corrected chi connectivity index (χ1v) is 6.42. The molecule has 0 fully saturated rings. The number of carbonyl (C=O) groups is 1. The predicted octanol–water partition coefficient (Wildman–Crippen LogP) is 3.73. The van der Waals surface area contributed by atoms with Gasteiger partial charge in [0.25, 0.3) is 0 Å². The maximum Gasteiger partial charge on any atom is 0.414 e. The van der Waals surface area contributed by atoms with Gasteiger partial charge in [0, 0.05) is 6.20 Å². The molecule has 0 unspecified atom stereocenters. The van der Waals surface area contributed by atoms with Crippen molar-refractivity contribution in [3.63, 3.8) is 0 Å². The maximum atomic E-state index is 11.7. The zero-order valence-electron chi connectivity index (χ0n) is 10.8. The largest absolute Gasteiger partial charge is 0.449 e. The van der Waals surface area contributed by atoms with E-state index in [0.717, 1.165) is 5.56 Å². The van der Waals surface area contributed by atoms with Crippen molar-refractivity contribution >= 4 is 12.2 Å². The lowest BCUT2D eigenvalue weighted by molar-refractivity contribution is 0.120. The van der Waals surface area contributed by atoms with E-state index in [0.29, 0.717) is 13.2 Å². The average Bonchev–Trinajstić information content (AvgIpc) is 2.60. The molecule has 0 saturated carbocycles. The van der Waals surface area contributed by atoms with Gasteiger partial charge in [-0.15, -0.1) is 0 Å². The van der Waals surface area contributed by atoms with Gasteiger partial charge < -0.3 is 4.74 Å². The second-order valence-corrected chi connectivity index (χ2v) is 4.51. The smallest absolute Gasteiger partial charge is 0.414 e. The van der Waals surface area contributed by atoms with Crippen LogP contribution in [0.2, 0.25) is 0 Å². The Kier molecular flexibility index (Phi) is 2.95. The first-order chi connectivity index (χ1) is 9.29. The van der Waals surface area contributed by atoms with Crippen molar-refractivity contribution in [1.82, 2.24) is 4.90 Å². The molecule has 0 aromatic heterocycles. The Morgan fingerprint density at radius 3 is 3.00 bits per heavy atom. The van der Waals surface area contributed by atoms with Gasteiger partial charge in [-0.1, -0.05) is 30.3 Å². The van der Waals surface area contributed by atoms with Crippen LogP contribution in [0.3, 0.4) is 0 Å². The number of amides is 1. The van der Waals surface area contributed by atoms with Gasteiger partial charge >= 0.3 is 6.09 Å². The van der Waals surface area contributed by atoms with E-state index >= 15 is 0 Å². The lowest BCUT2D eigenvalue weighted by atomic mass is 10.1. The topological polar surface area (TPSA) is 29.5 Å². The highest BCUT2D eigenvalue weighted by atomic mass is 16.6. The summed E-state index contributed by atoms with van der Waals surface area (Å²) >= 11 is 0. The summed E-state index contributed by atoms with van der Waals surface area (Å²) in [5.74, 6) is 0. The second kappa shape index (κ2) is 4.76. The Morgan fingerprint density at radius 1 is 1.32 bits per heavy atom. The van der Waals surface area contributed by atoms with Crippen molar-refractivity contribution in [3.8, 4) is 11.1 Å². The second-order valence-electron chi connectivity index (χ2n) is 4.51. The molecule has 19 heavy (non-hydrogen) atoms. The van der Waals surface area contributed by atoms with Crippen molar-refractivity contribution in [3.05, 3.63) is 53.7 Å². The SMILES string of the molecule is CCOC(=O)N1C=Cc2c(cc3cccccc2-3)C1. The zero-order valence-corrected chi connectivity index (χ0v) is 10.8. The van der Waals surface area contributed by atoms with Crippen LogP contribution in [0.25, 0.3) is 17.2 Å². The van der Waals surface area contributed by atoms with E-state index in [1.807, 2.05) is 31.2 Å². The summed E-state index contributed by atoms with van der Waals surface area (Å²) < 4.78 is 5.02. The van der Waals surface area contributed by atoms with Crippen LogP contribution in [0.4, 0.5) is 4.79 Å². The minimum Gasteiger partial charge on any atom is -0.449 e. The number of rotatable bonds is 1. The minimum atomic E-state index is -0.291. The van der Waals surface area contributed by atoms with Crippen molar-refractivity contribution in [2.45, 2.75) is 13.5 Å². The highest BCUT2D eigenvalue weighted by Gasteiger charge is 2.21. The molecule has 1 heterocycles. The van der Waals surface area contributed by atoms with E-state index in [4.69, 9.17) is 4.74 Å². The molecule has 2 aliphatic carbocycles. The van der Waals surface area contributed by atoms with Crippen molar-refractivity contribution in [2.75, 3.05) is 6.61 Å². The van der Waals surface area contributed by atoms with Crippen LogP contribution in [0, 0.1) is 0 Å². The normalized spacial score (nSPS) is 13.4. The number of hydrogen-bond donors (Lipinski definition) is 0. The lowest BCUT2D eigenvalue weighted by Crippen LogP contribution is -2.27. The molecule has 0 radical (unpaired) electrons. The highest BCUT2D eigenvalue weighted by molar-refractivity contribution is 5.83. The summed E-state index contributed by atoms with van der Waals surface area (Å²) in [5.41, 5.74) is 4.79. The molecule has 0 aromatic carbocycles. The van der Waals surface area contributed by atoms with Crippen molar-refractivity contribution in [2.24, 2.45) is 0 Å². The quantitative estimate of drug-likeness (QED) is 0.775. The molecule has 0 aromatic rings. The zero-order chi connectivity index (χ0) is 13.2. The monoisotopic (exact) mass is 253 g/mol. The third-order valence-electron chi connectivity index (χ3n) is 3.30. The van der Waals surface area contributed by atoms with Crippen LogP contribution in [-0.2, 0) is 11.3 Å². The van der Waals surface area contributed by atoms with Crippen LogP contribution < -0.4 is 0 Å². The van der Waals surface area contributed by atoms with Gasteiger partial charge in [0.1, 0.15) is 0 Å². The molecule has 0 bridgehead atoms. The Bertz CT molecular complexity index is 618. The molecule has 0 N–H and O–H groups in total. The van der Waals surface area contributed by atoms with Gasteiger partial charge in [-0.3, -0.25) is 4.90 Å². The van der Waals surface area contributed by atoms with Gasteiger partial charge in [-0.25, -0.2) is 4.79 Å². The molecule has 3 nitrogen and oxygen atoms in total. The maximum absolute atomic E-state index is 11.7. The molecule has 1 aliphatic heterocycles. The van der Waals surface area contributed by atoms with Gasteiger partial charge in [-0.2, -0.15) is 0 Å². The predicted molar refractivity (Wildman–Crippen MR) is 74.7 cm³/mol. The van der Waals surface area contributed by atoms with Crippen molar-refractivity contribution in [1.29, 1.82) is 0 Å². The summed E-state index contributed by atoms with van der Waals surface area (Å²) in [5, 5.41) is 0. The molecular weight excluding hydrogens is 238 g/mol. The minimum absolute atomic E-state index is 0.291. The molecule has 0 atom stereocenters. The molecule has 3 rings (SSSR count). The number of ether oxygens (including phenoxy) is 1. The van der Waals surface area contributed by atoms with Crippen LogP contribution in [-0.4, -0.2) is 17.6 Å². The Labute approximate surface area is 112 Å². The summed E-state index contributed by atoms with van der Waals surface area (Å²) in [7, 11) is 0. The standard InChI is InChI=1S/C16H15NO2/c1-2-19-16(18)17-9-8-15-13(11-17)10-12-6-4-3-5-7-14(12)15/h3-10H,2,11H2,1H3. The Balaban J connectivity index is 1.97. The van der Waals surface area contributed by atoms with E-state index < -0.39 is 0 Å². The Morgan fingerprint density at radius 2 is 2.16 bits per heavy atom. The molecule has 3 heteroatoms. The fraction of sp³-hybridized carbons (Fsp3) is 0.188. The van der Waals surface area contributed by atoms with Gasteiger partial charge in [-0.05, 0) is 41.3 Å². The molecule has 3 aliphatic rings. The number of nitrogens with zero attached hydrogens (tertiary/aromatic N) is 1. The lowest BCUT2D eigenvalue weighted by Gasteiger charge is -2.21. The first kappa shape index (κ1) is 11.8. The number of fused-ring (bicyclic) bond motifs is 3. The molecular formula is C16H15NO2. The molecule has 96 valence electrons. The number of hydrogen-bond acceptors (Lipinski definition) is 2. The van der Waals surface area contributed by atoms with E-state index in [1.54, 1.807) is 11.1 Å². The van der Waals surface area contributed by atoms with Crippen LogP contribution >= 0.6 is 0 Å². The fourth-order valence-electron chi connectivity index (χ4n) is 2.43. The van der Waals surface area contributed by atoms with Gasteiger partial charge in [0.15, 0.2) is 0 Å². The van der Waals surface area contributed by atoms with Crippen LogP contribution in [0.15, 0.2) is 42.6 Å². The van der Waals surface area contributed by atoms with E-state index in [1.165, 1.54) is 16.7 Å². The van der Waals surface area contributed by atoms with Gasteiger partial charge in [0.05, 0.1) is 13.2 Å². The highest BCUT2D eigenvalue weighted by Crippen LogP contribution is 2.35. The molecule has 0 saturated heterocycles. The molecule has 1 amide bonds. The summed E-state index contributed by atoms with van der Waals surface area (Å²) in [4.78, 5) is 13.3. The van der Waals surface area contributed by atoms with E-state index in [2.05, 4.69) is 18.2 Å². The van der Waals surface area contributed by atoms with Gasteiger partial charge in [0.2, 0.25) is 0 Å². The number of carbonyl (C=O) groups excluding carboxylic acids is 1. The van der Waals surface area contributed by atoms with E-state index in [-0.39, 0.29) is 6.09 Å². The first-order valence-electron chi connectivity index (χ1n) is 6.42. The Hall–Kier alpha value is -2.29. The van der Waals surface area contributed by atoms with E-state index in [9.17, 15) is 4.79 Å². The van der Waals surface area contributed by atoms with Crippen molar-refractivity contribution < 1.29 is 9.53 Å². The summed E-state index contributed by atoms with van der Waals surface area (Å²) in [6, 6.07) is 12.4. The third-order valence-corrected chi connectivity index (χ3v) is 3.30.